The van der Waals surface area contributed by atoms with E-state index >= 15 is 0 Å². The number of ether oxygens (including phenoxy) is 1. The van der Waals surface area contributed by atoms with Gasteiger partial charge in [-0.25, -0.2) is 4.98 Å². The van der Waals surface area contributed by atoms with Gasteiger partial charge in [-0.3, -0.25) is 4.90 Å². The fourth-order valence-corrected chi connectivity index (χ4v) is 2.27. The van der Waals surface area contributed by atoms with Crippen LogP contribution in [0.15, 0.2) is 10.9 Å². The second-order valence-corrected chi connectivity index (χ2v) is 4.33. The topological polar surface area (TPSA) is 25.4 Å². The van der Waals surface area contributed by atoms with Crippen LogP contribution in [0.4, 0.5) is 0 Å². The molecule has 0 bridgehead atoms. The predicted octanol–water partition coefficient (Wildman–Crippen LogP) is 1.75. The minimum Gasteiger partial charge on any atom is -0.376 e. The van der Waals surface area contributed by atoms with Gasteiger partial charge in [0, 0.05) is 25.0 Å². The maximum Gasteiger partial charge on any atom is 0.0795 e. The Balaban J connectivity index is 1.86. The standard InChI is InChI=1S/C10H16N2OS/c1-2-10-6-12(3-4-13-10)5-9-7-14-8-11-9/h7-8,10H,2-6H2,1H3/t10-/m1/s1. The average Bonchev–Trinajstić information content (AvgIpc) is 2.71. The van der Waals surface area contributed by atoms with Gasteiger partial charge in [0.1, 0.15) is 0 Å². The molecule has 1 aliphatic heterocycles. The Hall–Kier alpha value is -0.450. The van der Waals surface area contributed by atoms with Crippen molar-refractivity contribution in [3.05, 3.63) is 16.6 Å². The zero-order valence-electron chi connectivity index (χ0n) is 8.48. The average molecular weight is 212 g/mol. The minimum absolute atomic E-state index is 0.419. The van der Waals surface area contributed by atoms with Crippen molar-refractivity contribution in [2.24, 2.45) is 0 Å². The van der Waals surface area contributed by atoms with E-state index < -0.39 is 0 Å². The van der Waals surface area contributed by atoms with Gasteiger partial charge in [-0.05, 0) is 6.42 Å². The molecule has 0 aliphatic carbocycles. The van der Waals surface area contributed by atoms with Gasteiger partial charge < -0.3 is 4.74 Å². The third-order valence-corrected chi connectivity index (χ3v) is 3.18. The van der Waals surface area contributed by atoms with E-state index in [1.165, 1.54) is 5.69 Å². The van der Waals surface area contributed by atoms with Crippen molar-refractivity contribution in [1.29, 1.82) is 0 Å². The summed E-state index contributed by atoms with van der Waals surface area (Å²) < 4.78 is 5.62. The van der Waals surface area contributed by atoms with Crippen LogP contribution in [0.2, 0.25) is 0 Å². The number of nitrogens with zero attached hydrogens (tertiary/aromatic N) is 2. The first kappa shape index (κ1) is 10.1. The first-order valence-corrected chi connectivity index (χ1v) is 6.03. The quantitative estimate of drug-likeness (QED) is 0.763. The summed E-state index contributed by atoms with van der Waals surface area (Å²) in [6.07, 6.45) is 1.52. The van der Waals surface area contributed by atoms with Crippen molar-refractivity contribution < 1.29 is 4.74 Å². The molecule has 1 aliphatic rings. The summed E-state index contributed by atoms with van der Waals surface area (Å²) in [5, 5.41) is 2.12. The number of morpholine rings is 1. The molecule has 0 spiro atoms. The third-order valence-electron chi connectivity index (χ3n) is 2.55. The van der Waals surface area contributed by atoms with Gasteiger partial charge >= 0.3 is 0 Å². The number of hydrogen-bond acceptors (Lipinski definition) is 4. The predicted molar refractivity (Wildman–Crippen MR) is 57.4 cm³/mol. The van der Waals surface area contributed by atoms with Crippen molar-refractivity contribution in [3.8, 4) is 0 Å². The Morgan fingerprint density at radius 3 is 3.36 bits per heavy atom. The molecule has 2 rings (SSSR count). The van der Waals surface area contributed by atoms with E-state index in [2.05, 4.69) is 22.2 Å². The van der Waals surface area contributed by atoms with E-state index in [0.717, 1.165) is 32.7 Å². The summed E-state index contributed by atoms with van der Waals surface area (Å²) in [6.45, 7) is 6.10. The van der Waals surface area contributed by atoms with Crippen LogP contribution >= 0.6 is 11.3 Å². The van der Waals surface area contributed by atoms with Crippen LogP contribution in [-0.2, 0) is 11.3 Å². The SMILES string of the molecule is CC[C@@H]1CN(Cc2cscn2)CCO1. The molecule has 3 nitrogen and oxygen atoms in total. The first-order valence-electron chi connectivity index (χ1n) is 5.09. The maximum absolute atomic E-state index is 5.62. The second-order valence-electron chi connectivity index (χ2n) is 3.62. The van der Waals surface area contributed by atoms with Gasteiger partial charge in [-0.1, -0.05) is 6.92 Å². The van der Waals surface area contributed by atoms with Gasteiger partial charge in [0.15, 0.2) is 0 Å². The summed E-state index contributed by atoms with van der Waals surface area (Å²) in [7, 11) is 0. The molecule has 78 valence electrons. The van der Waals surface area contributed by atoms with Crippen molar-refractivity contribution in [2.45, 2.75) is 26.0 Å². The highest BCUT2D eigenvalue weighted by Crippen LogP contribution is 2.12. The zero-order valence-corrected chi connectivity index (χ0v) is 9.30. The van der Waals surface area contributed by atoms with E-state index in [4.69, 9.17) is 4.74 Å². The van der Waals surface area contributed by atoms with Crippen LogP contribution < -0.4 is 0 Å². The molecule has 1 aromatic rings. The van der Waals surface area contributed by atoms with Crippen LogP contribution in [0.25, 0.3) is 0 Å². The summed E-state index contributed by atoms with van der Waals surface area (Å²) in [6, 6.07) is 0. The third kappa shape index (κ3) is 2.53. The van der Waals surface area contributed by atoms with E-state index in [9.17, 15) is 0 Å². The molecule has 4 heteroatoms. The molecule has 1 fully saturated rings. The number of aromatic nitrogens is 1. The minimum atomic E-state index is 0.419. The van der Waals surface area contributed by atoms with Gasteiger partial charge in [-0.2, -0.15) is 0 Å². The molecule has 0 radical (unpaired) electrons. The summed E-state index contributed by atoms with van der Waals surface area (Å²) in [4.78, 5) is 6.72. The molecule has 0 saturated carbocycles. The van der Waals surface area contributed by atoms with Gasteiger partial charge in [0.25, 0.3) is 0 Å². The number of thiazole rings is 1. The van der Waals surface area contributed by atoms with E-state index in [1.54, 1.807) is 11.3 Å². The van der Waals surface area contributed by atoms with Crippen LogP contribution in [-0.4, -0.2) is 35.7 Å². The van der Waals surface area contributed by atoms with E-state index in [0.29, 0.717) is 6.10 Å². The Bertz CT molecular complexity index is 263. The maximum atomic E-state index is 5.62. The van der Waals surface area contributed by atoms with Gasteiger partial charge in [0.05, 0.1) is 23.9 Å². The normalized spacial score (nSPS) is 23.9. The lowest BCUT2D eigenvalue weighted by Crippen LogP contribution is -2.41. The second kappa shape index (κ2) is 4.87. The molecule has 1 saturated heterocycles. The molecule has 14 heavy (non-hydrogen) atoms. The Kier molecular flexibility index (Phi) is 3.50. The zero-order chi connectivity index (χ0) is 9.80. The van der Waals surface area contributed by atoms with Gasteiger partial charge in [-0.15, -0.1) is 11.3 Å². The van der Waals surface area contributed by atoms with Crippen LogP contribution in [0.5, 0.6) is 0 Å². The van der Waals surface area contributed by atoms with Crippen LogP contribution in [0.1, 0.15) is 19.0 Å². The van der Waals surface area contributed by atoms with E-state index in [-0.39, 0.29) is 0 Å². The lowest BCUT2D eigenvalue weighted by atomic mass is 10.2. The van der Waals surface area contributed by atoms with Crippen molar-refractivity contribution >= 4 is 11.3 Å². The molecule has 0 N–H and O–H groups in total. The molecule has 1 aromatic heterocycles. The Morgan fingerprint density at radius 1 is 1.71 bits per heavy atom. The highest BCUT2D eigenvalue weighted by molar-refractivity contribution is 7.07. The summed E-state index contributed by atoms with van der Waals surface area (Å²) >= 11 is 1.67. The van der Waals surface area contributed by atoms with Crippen LogP contribution in [0, 0.1) is 0 Å². The molecule has 0 unspecified atom stereocenters. The highest BCUT2D eigenvalue weighted by Gasteiger charge is 2.18. The molecular weight excluding hydrogens is 196 g/mol. The Labute approximate surface area is 88.7 Å². The highest BCUT2D eigenvalue weighted by atomic mass is 32.1. The van der Waals surface area contributed by atoms with Crippen molar-refractivity contribution in [2.75, 3.05) is 19.7 Å². The van der Waals surface area contributed by atoms with Crippen molar-refractivity contribution in [1.82, 2.24) is 9.88 Å². The van der Waals surface area contributed by atoms with Crippen LogP contribution in [0.3, 0.4) is 0 Å². The Morgan fingerprint density at radius 2 is 2.64 bits per heavy atom. The first-order chi connectivity index (χ1) is 6.88. The lowest BCUT2D eigenvalue weighted by molar-refractivity contribution is -0.0327. The van der Waals surface area contributed by atoms with E-state index in [1.807, 2.05) is 5.51 Å². The molecular formula is C10H16N2OS. The monoisotopic (exact) mass is 212 g/mol. The fraction of sp³-hybridized carbons (Fsp3) is 0.700. The lowest BCUT2D eigenvalue weighted by Gasteiger charge is -2.31. The summed E-state index contributed by atoms with van der Waals surface area (Å²) in [5.74, 6) is 0. The molecule has 0 aromatic carbocycles. The molecule has 0 amide bonds. The summed E-state index contributed by atoms with van der Waals surface area (Å²) in [5.41, 5.74) is 3.08. The van der Waals surface area contributed by atoms with Crippen molar-refractivity contribution in [3.63, 3.8) is 0 Å². The largest absolute Gasteiger partial charge is 0.376 e. The number of hydrogen-bond donors (Lipinski definition) is 0. The number of rotatable bonds is 3. The molecule has 2 heterocycles. The fourth-order valence-electron chi connectivity index (χ4n) is 1.72. The van der Waals surface area contributed by atoms with Gasteiger partial charge in [0.2, 0.25) is 0 Å². The smallest absolute Gasteiger partial charge is 0.0795 e. The molecule has 1 atom stereocenters.